The van der Waals surface area contributed by atoms with Crippen LogP contribution < -0.4 is 0 Å². The summed E-state index contributed by atoms with van der Waals surface area (Å²) in [5.74, 6) is 0. The summed E-state index contributed by atoms with van der Waals surface area (Å²) in [6.07, 6.45) is 0. The predicted octanol–water partition coefficient (Wildman–Crippen LogP) is -2.60. The first-order valence-electron chi connectivity index (χ1n) is 0.698. The zero-order chi connectivity index (χ0) is 4.50. The van der Waals surface area contributed by atoms with Gasteiger partial charge in [0.25, 0.3) is 0 Å². The molecule has 0 bridgehead atoms. The Morgan fingerprint density at radius 2 is 1.12 bits per heavy atom. The van der Waals surface area contributed by atoms with Gasteiger partial charge in [-0.25, -0.2) is 0 Å². The molecule has 0 unspecified atom stereocenters. The molecule has 0 aromatic rings. The van der Waals surface area contributed by atoms with Gasteiger partial charge in [0.1, 0.15) is 0 Å². The van der Waals surface area contributed by atoms with Crippen LogP contribution in [0.15, 0.2) is 0 Å². The van der Waals surface area contributed by atoms with Crippen molar-refractivity contribution in [3.63, 3.8) is 0 Å². The number of rotatable bonds is 0. The maximum atomic E-state index is 8.74. The van der Waals surface area contributed by atoms with E-state index in [1.165, 1.54) is 0 Å². The van der Waals surface area contributed by atoms with Crippen molar-refractivity contribution in [3.8, 4) is 0 Å². The molecule has 0 atom stereocenters. The molecule has 0 aliphatic heterocycles. The molecule has 0 rings (SSSR count). The Kier molecular flexibility index (Phi) is 28.4. The van der Waals surface area contributed by atoms with Gasteiger partial charge in [0.15, 0.2) is 0 Å². The summed E-state index contributed by atoms with van der Waals surface area (Å²) in [4.78, 5) is 0. The van der Waals surface area contributed by atoms with Crippen LogP contribution >= 0.6 is 0 Å². The molecule has 2 N–H and O–H groups in total. The molecule has 0 aliphatic rings. The molecule has 0 heterocycles. The van der Waals surface area contributed by atoms with E-state index in [1.807, 2.05) is 0 Å². The average molecular weight is 170 g/mol. The molecule has 4 nitrogen and oxygen atoms in total. The van der Waals surface area contributed by atoms with Gasteiger partial charge in [-0.15, -0.1) is 0 Å². The summed E-state index contributed by atoms with van der Waals surface area (Å²) in [6, 6.07) is 0. The van der Waals surface area contributed by atoms with Crippen molar-refractivity contribution in [1.82, 2.24) is 0 Å². The zero-order valence-corrected chi connectivity index (χ0v) is 2.94. The van der Waals surface area contributed by atoms with Crippen LogP contribution in [-0.2, 0) is 10.4 Å². The van der Waals surface area contributed by atoms with Crippen molar-refractivity contribution in [2.24, 2.45) is 0 Å². The van der Waals surface area contributed by atoms with Gasteiger partial charge in [0, 0.05) is 0 Å². The quantitative estimate of drug-likeness (QED) is 0.309. The summed E-state index contributed by atoms with van der Waals surface area (Å²) in [7, 11) is -4.67. The molecular formula is H5KLiNaO4S. The molecule has 0 aliphatic carbocycles. The van der Waals surface area contributed by atoms with Gasteiger partial charge < -0.3 is 0 Å². The normalized spacial score (nSPS) is 7.25. The SMILES string of the molecule is O=S(=O)(O)O.[KH].[LiH].[NaH]. The monoisotopic (exact) mass is 170 g/mol. The van der Waals surface area contributed by atoms with E-state index in [1.54, 1.807) is 0 Å². The Labute approximate surface area is 125 Å². The molecule has 8 heavy (non-hydrogen) atoms. The van der Waals surface area contributed by atoms with E-state index in [9.17, 15) is 0 Å². The third-order valence-electron chi connectivity index (χ3n) is 0. The van der Waals surface area contributed by atoms with E-state index in [4.69, 9.17) is 17.5 Å². The zero-order valence-electron chi connectivity index (χ0n) is 2.12. The summed E-state index contributed by atoms with van der Waals surface area (Å²) in [5, 5.41) is 0. The molecule has 0 aromatic heterocycles. The van der Waals surface area contributed by atoms with Crippen molar-refractivity contribution in [3.05, 3.63) is 0 Å². The van der Waals surface area contributed by atoms with E-state index in [-0.39, 0.29) is 99.8 Å². The third-order valence-corrected chi connectivity index (χ3v) is 0. The van der Waals surface area contributed by atoms with Crippen LogP contribution in [0.4, 0.5) is 0 Å². The summed E-state index contributed by atoms with van der Waals surface area (Å²) < 4.78 is 31.6. The van der Waals surface area contributed by atoms with Gasteiger partial charge in [-0.3, -0.25) is 9.11 Å². The first-order chi connectivity index (χ1) is 2.00. The fraction of sp³-hybridized carbons (Fsp3) is 0. The van der Waals surface area contributed by atoms with Crippen molar-refractivity contribution >= 4 is 110 Å². The van der Waals surface area contributed by atoms with Gasteiger partial charge >= 0.3 is 110 Å². The van der Waals surface area contributed by atoms with E-state index in [0.717, 1.165) is 0 Å². The van der Waals surface area contributed by atoms with Gasteiger partial charge in [-0.2, -0.15) is 8.42 Å². The van der Waals surface area contributed by atoms with Crippen LogP contribution in [-0.4, -0.2) is 117 Å². The Morgan fingerprint density at radius 1 is 1.12 bits per heavy atom. The van der Waals surface area contributed by atoms with Crippen molar-refractivity contribution in [2.75, 3.05) is 0 Å². The Morgan fingerprint density at radius 3 is 1.12 bits per heavy atom. The fourth-order valence-electron chi connectivity index (χ4n) is 0. The Bertz CT molecular complexity index is 99.2. The Hall–Kier alpha value is 3.10. The molecular weight excluding hydrogens is 165 g/mol. The fourth-order valence-corrected chi connectivity index (χ4v) is 0. The van der Waals surface area contributed by atoms with Crippen molar-refractivity contribution < 1.29 is 17.5 Å². The van der Waals surface area contributed by atoms with Gasteiger partial charge in [0.2, 0.25) is 0 Å². The summed E-state index contributed by atoms with van der Waals surface area (Å²) in [5.41, 5.74) is 0. The first-order valence-corrected chi connectivity index (χ1v) is 2.10. The van der Waals surface area contributed by atoms with Crippen LogP contribution in [0.25, 0.3) is 0 Å². The number of hydrogen-bond acceptors (Lipinski definition) is 2. The van der Waals surface area contributed by atoms with Crippen LogP contribution in [0.5, 0.6) is 0 Å². The van der Waals surface area contributed by atoms with Crippen molar-refractivity contribution in [1.29, 1.82) is 0 Å². The standard InChI is InChI=1S/K.Li.Na.H2O4S.3H/c;;;1-5(2,3)4;;;/h;;;(H2,1,2,3,4);;;. The number of hydrogen-bond donors (Lipinski definition) is 2. The van der Waals surface area contributed by atoms with Gasteiger partial charge in [-0.05, 0) is 0 Å². The molecule has 8 heteroatoms. The minimum atomic E-state index is -4.67. The predicted molar refractivity (Wildman–Crippen MR) is 35.6 cm³/mol. The van der Waals surface area contributed by atoms with E-state index < -0.39 is 10.4 Å². The second kappa shape index (κ2) is 10.1. The maximum absolute atomic E-state index is 8.74. The van der Waals surface area contributed by atoms with Gasteiger partial charge in [-0.1, -0.05) is 0 Å². The molecule has 0 fully saturated rings. The molecule has 0 radical (unpaired) electrons. The second-order valence-corrected chi connectivity index (χ2v) is 1.34. The van der Waals surface area contributed by atoms with Crippen molar-refractivity contribution in [2.45, 2.75) is 0 Å². The van der Waals surface area contributed by atoms with Gasteiger partial charge in [0.05, 0.1) is 0 Å². The first kappa shape index (κ1) is 22.5. The summed E-state index contributed by atoms with van der Waals surface area (Å²) in [6.45, 7) is 0. The van der Waals surface area contributed by atoms with Crippen LogP contribution in [0.1, 0.15) is 0 Å². The van der Waals surface area contributed by atoms with Crippen LogP contribution in [0.3, 0.4) is 0 Å². The van der Waals surface area contributed by atoms with E-state index in [0.29, 0.717) is 0 Å². The van der Waals surface area contributed by atoms with Crippen LogP contribution in [0.2, 0.25) is 0 Å². The molecule has 0 amide bonds. The molecule has 0 saturated carbocycles. The molecule has 0 spiro atoms. The average Bonchev–Trinajstić information content (AvgIpc) is 0.722. The van der Waals surface area contributed by atoms with E-state index >= 15 is 0 Å². The third kappa shape index (κ3) is 62.1. The Balaban J connectivity index is -0.0000000267. The molecule has 0 aromatic carbocycles. The molecule has 0 saturated heterocycles. The minimum absolute atomic E-state index is 0. The van der Waals surface area contributed by atoms with E-state index in [2.05, 4.69) is 0 Å². The topological polar surface area (TPSA) is 74.6 Å². The van der Waals surface area contributed by atoms with Crippen LogP contribution in [0, 0.1) is 0 Å². The second-order valence-electron chi connectivity index (χ2n) is 0.448. The molecule has 38 valence electrons. The summed E-state index contributed by atoms with van der Waals surface area (Å²) >= 11 is 0.